The molecule has 0 radical (unpaired) electrons. The summed E-state index contributed by atoms with van der Waals surface area (Å²) in [5.74, 6) is 0. The van der Waals surface area contributed by atoms with E-state index in [1.807, 2.05) is 0 Å². The van der Waals surface area contributed by atoms with Gasteiger partial charge in [0.15, 0.2) is 0 Å². The van der Waals surface area contributed by atoms with Gasteiger partial charge in [-0.2, -0.15) is 0 Å². The maximum absolute atomic E-state index is 9.42. The summed E-state index contributed by atoms with van der Waals surface area (Å²) in [6.45, 7) is 6.55. The van der Waals surface area contributed by atoms with Gasteiger partial charge in [-0.15, -0.1) is 0 Å². The molecule has 4 heteroatoms. The predicted molar refractivity (Wildman–Crippen MR) is 84.4 cm³/mol. The summed E-state index contributed by atoms with van der Waals surface area (Å²) in [5, 5.41) is 13.2. The van der Waals surface area contributed by atoms with E-state index in [9.17, 15) is 5.11 Å². The highest BCUT2D eigenvalue weighted by Gasteiger charge is 2.37. The van der Waals surface area contributed by atoms with Crippen molar-refractivity contribution >= 4 is 0 Å². The number of rotatable bonds is 6. The molecule has 2 aliphatic carbocycles. The quantitative estimate of drug-likeness (QED) is 0.784. The van der Waals surface area contributed by atoms with Crippen LogP contribution in [0.3, 0.4) is 0 Å². The Morgan fingerprint density at radius 3 is 2.62 bits per heavy atom. The van der Waals surface area contributed by atoms with Crippen LogP contribution in [0.4, 0.5) is 0 Å². The summed E-state index contributed by atoms with van der Waals surface area (Å²) in [7, 11) is 0. The van der Waals surface area contributed by atoms with Gasteiger partial charge in [-0.25, -0.2) is 0 Å². The fourth-order valence-electron chi connectivity index (χ4n) is 4.19. The van der Waals surface area contributed by atoms with E-state index in [-0.39, 0.29) is 18.8 Å². The van der Waals surface area contributed by atoms with Crippen molar-refractivity contribution in [2.24, 2.45) is 5.41 Å². The third-order valence-corrected chi connectivity index (χ3v) is 5.42. The molecule has 2 unspecified atom stereocenters. The molecule has 21 heavy (non-hydrogen) atoms. The number of nitrogens with zero attached hydrogens (tertiary/aromatic N) is 1. The lowest BCUT2D eigenvalue weighted by Crippen LogP contribution is -2.53. The lowest BCUT2D eigenvalue weighted by atomic mass is 9.73. The third kappa shape index (κ3) is 4.41. The van der Waals surface area contributed by atoms with Gasteiger partial charge in [-0.05, 0) is 38.0 Å². The molecule has 2 saturated carbocycles. The number of aliphatic hydroxyl groups is 1. The summed E-state index contributed by atoms with van der Waals surface area (Å²) in [6, 6.07) is 0.803. The largest absolute Gasteiger partial charge is 0.394 e. The molecule has 0 amide bonds. The maximum atomic E-state index is 9.42. The Labute approximate surface area is 129 Å². The fraction of sp³-hybridized carbons (Fsp3) is 1.00. The molecule has 0 aromatic carbocycles. The minimum atomic E-state index is 0.00535. The summed E-state index contributed by atoms with van der Waals surface area (Å²) in [4.78, 5) is 2.55. The van der Waals surface area contributed by atoms with E-state index in [1.165, 1.54) is 58.0 Å². The summed E-state index contributed by atoms with van der Waals surface area (Å²) in [6.07, 6.45) is 9.90. The molecule has 3 rings (SSSR count). The topological polar surface area (TPSA) is 44.7 Å². The number of aliphatic hydroxyl groups excluding tert-OH is 1. The normalized spacial score (nSPS) is 34.0. The van der Waals surface area contributed by atoms with Gasteiger partial charge in [0.05, 0.1) is 18.8 Å². The highest BCUT2D eigenvalue weighted by Crippen LogP contribution is 2.38. The van der Waals surface area contributed by atoms with E-state index < -0.39 is 0 Å². The molecule has 0 spiro atoms. The first kappa shape index (κ1) is 15.7. The average Bonchev–Trinajstić information content (AvgIpc) is 3.30. The zero-order valence-corrected chi connectivity index (χ0v) is 13.5. The van der Waals surface area contributed by atoms with Crippen LogP contribution in [0, 0.1) is 5.41 Å². The summed E-state index contributed by atoms with van der Waals surface area (Å²) in [5.41, 5.74) is 0.456. The first-order valence-electron chi connectivity index (χ1n) is 8.91. The van der Waals surface area contributed by atoms with E-state index >= 15 is 0 Å². The zero-order valence-electron chi connectivity index (χ0n) is 13.5. The molecule has 3 fully saturated rings. The van der Waals surface area contributed by atoms with E-state index in [0.29, 0.717) is 5.41 Å². The van der Waals surface area contributed by atoms with Gasteiger partial charge in [0.1, 0.15) is 0 Å². The van der Waals surface area contributed by atoms with Gasteiger partial charge < -0.3 is 15.2 Å². The van der Waals surface area contributed by atoms with Crippen LogP contribution in [0.2, 0.25) is 0 Å². The van der Waals surface area contributed by atoms with Crippen molar-refractivity contribution in [3.63, 3.8) is 0 Å². The zero-order chi connectivity index (χ0) is 14.7. The van der Waals surface area contributed by atoms with Crippen molar-refractivity contribution in [1.29, 1.82) is 0 Å². The number of nitrogens with one attached hydrogen (secondary N) is 1. The SMILES string of the molecule is CC1CN(CC2(CNC3CC3)CCCCC2)CC(CO)O1. The number of morpholine rings is 1. The minimum Gasteiger partial charge on any atom is -0.394 e. The Kier molecular flexibility index (Phi) is 5.20. The average molecular weight is 296 g/mol. The number of hydrogen-bond donors (Lipinski definition) is 2. The van der Waals surface area contributed by atoms with Gasteiger partial charge >= 0.3 is 0 Å². The molecule has 0 aromatic heterocycles. The predicted octanol–water partition coefficient (Wildman–Crippen LogP) is 1.77. The minimum absolute atomic E-state index is 0.00535. The van der Waals surface area contributed by atoms with Gasteiger partial charge in [0, 0.05) is 32.2 Å². The highest BCUT2D eigenvalue weighted by atomic mass is 16.5. The highest BCUT2D eigenvalue weighted by molar-refractivity contribution is 4.92. The number of ether oxygens (including phenoxy) is 1. The van der Waals surface area contributed by atoms with Gasteiger partial charge in [-0.1, -0.05) is 19.3 Å². The van der Waals surface area contributed by atoms with Crippen LogP contribution >= 0.6 is 0 Å². The molecular formula is C17H32N2O2. The molecule has 1 saturated heterocycles. The molecule has 3 aliphatic rings. The van der Waals surface area contributed by atoms with Crippen molar-refractivity contribution in [1.82, 2.24) is 10.2 Å². The molecule has 1 heterocycles. The summed E-state index contributed by atoms with van der Waals surface area (Å²) >= 11 is 0. The second-order valence-corrected chi connectivity index (χ2v) is 7.66. The van der Waals surface area contributed by atoms with Crippen LogP contribution in [0.5, 0.6) is 0 Å². The van der Waals surface area contributed by atoms with Crippen molar-refractivity contribution in [3.8, 4) is 0 Å². The van der Waals surface area contributed by atoms with Crippen LogP contribution in [0.1, 0.15) is 51.9 Å². The molecule has 122 valence electrons. The van der Waals surface area contributed by atoms with Crippen molar-refractivity contribution in [2.45, 2.75) is 70.1 Å². The first-order valence-corrected chi connectivity index (χ1v) is 8.91. The molecule has 0 bridgehead atoms. The number of hydrogen-bond acceptors (Lipinski definition) is 4. The maximum Gasteiger partial charge on any atom is 0.0936 e. The van der Waals surface area contributed by atoms with Crippen LogP contribution in [-0.2, 0) is 4.74 Å². The Morgan fingerprint density at radius 1 is 1.19 bits per heavy atom. The second kappa shape index (κ2) is 6.95. The molecular weight excluding hydrogens is 264 g/mol. The monoisotopic (exact) mass is 296 g/mol. The van der Waals surface area contributed by atoms with Crippen molar-refractivity contribution < 1.29 is 9.84 Å². The van der Waals surface area contributed by atoms with Crippen LogP contribution in [0.25, 0.3) is 0 Å². The Hall–Kier alpha value is -0.160. The van der Waals surface area contributed by atoms with Crippen LogP contribution in [-0.4, -0.2) is 61.0 Å². The standard InChI is InChI=1S/C17H32N2O2/c1-14-9-19(10-16(11-20)21-14)13-17(7-3-2-4-8-17)12-18-15-5-6-15/h14-16,18,20H,2-13H2,1H3. The van der Waals surface area contributed by atoms with Gasteiger partial charge in [0.25, 0.3) is 0 Å². The fourth-order valence-corrected chi connectivity index (χ4v) is 4.19. The van der Waals surface area contributed by atoms with E-state index in [2.05, 4.69) is 17.1 Å². The first-order chi connectivity index (χ1) is 10.2. The van der Waals surface area contributed by atoms with E-state index in [0.717, 1.165) is 19.1 Å². The van der Waals surface area contributed by atoms with Gasteiger partial charge in [-0.3, -0.25) is 4.90 Å². The molecule has 0 aromatic rings. The van der Waals surface area contributed by atoms with Crippen LogP contribution in [0.15, 0.2) is 0 Å². The second-order valence-electron chi connectivity index (χ2n) is 7.66. The third-order valence-electron chi connectivity index (χ3n) is 5.42. The lowest BCUT2D eigenvalue weighted by Gasteiger charge is -2.45. The van der Waals surface area contributed by atoms with E-state index in [1.54, 1.807) is 0 Å². The Morgan fingerprint density at radius 2 is 1.95 bits per heavy atom. The van der Waals surface area contributed by atoms with E-state index in [4.69, 9.17) is 4.74 Å². The Bertz CT molecular complexity index is 327. The summed E-state index contributed by atoms with van der Waals surface area (Å²) < 4.78 is 5.79. The van der Waals surface area contributed by atoms with Gasteiger partial charge in [0.2, 0.25) is 0 Å². The van der Waals surface area contributed by atoms with Crippen molar-refractivity contribution in [2.75, 3.05) is 32.8 Å². The lowest BCUT2D eigenvalue weighted by molar-refractivity contribution is -0.104. The molecule has 4 nitrogen and oxygen atoms in total. The Balaban J connectivity index is 1.59. The smallest absolute Gasteiger partial charge is 0.0936 e. The van der Waals surface area contributed by atoms with Crippen LogP contribution < -0.4 is 5.32 Å². The van der Waals surface area contributed by atoms with Crippen molar-refractivity contribution in [3.05, 3.63) is 0 Å². The molecule has 1 aliphatic heterocycles. The molecule has 2 N–H and O–H groups in total. The molecule has 2 atom stereocenters.